The summed E-state index contributed by atoms with van der Waals surface area (Å²) in [7, 11) is -4.76. The third-order valence-corrected chi connectivity index (χ3v) is 13.2. The Morgan fingerprint density at radius 3 is 1.14 bits per heavy atom. The topological polar surface area (TPSA) is 155 Å². The van der Waals surface area contributed by atoms with Gasteiger partial charge in [-0.15, -0.1) is 0 Å². The smallest absolute Gasteiger partial charge is 0.462 e. The van der Waals surface area contributed by atoms with Gasteiger partial charge in [0.1, 0.15) is 12.7 Å². The van der Waals surface area contributed by atoms with Crippen LogP contribution in [0.2, 0.25) is 0 Å². The van der Waals surface area contributed by atoms with Crippen LogP contribution in [-0.2, 0) is 42.2 Å². The van der Waals surface area contributed by atoms with Crippen molar-refractivity contribution in [3.8, 4) is 0 Å². The van der Waals surface area contributed by atoms with Crippen molar-refractivity contribution in [3.05, 3.63) is 85.1 Å². The number of carbonyl (C=O) groups is 3. The number of unbranched alkanes of at least 4 members (excludes halogenated alkanes) is 23. The molecule has 0 aliphatic carbocycles. The molecule has 0 saturated heterocycles. The van der Waals surface area contributed by atoms with Crippen LogP contribution < -0.4 is 0 Å². The standard InChI is InChI=1S/C62H107O11P/c1-4-7-10-13-16-19-22-25-27-29-31-34-36-39-42-45-48-51-60(64)69-55-59(73-62(66)53-50-47-44-41-38-35-32-30-28-26-23-20-17-14-11-8-5-2)57-71-74(67,68)70-56-58(54-63)72-61(65)52-49-46-43-40-37-33-24-21-18-15-12-9-6-3/h8,11-12,15-17,19-21,24-28,58-59,63H,4-7,9-10,13-14,18,22-23,29-57H2,1-3H3,(H,67,68)/b11-8-,15-12-,19-16-,20-17-,24-21-,27-25-,28-26-. The molecule has 74 heavy (non-hydrogen) atoms. The summed E-state index contributed by atoms with van der Waals surface area (Å²) >= 11 is 0. The Kier molecular flexibility index (Phi) is 53.4. The number of hydrogen-bond acceptors (Lipinski definition) is 10. The van der Waals surface area contributed by atoms with Crippen molar-refractivity contribution in [2.24, 2.45) is 0 Å². The van der Waals surface area contributed by atoms with Gasteiger partial charge >= 0.3 is 25.7 Å². The highest BCUT2D eigenvalue weighted by atomic mass is 31.2. The van der Waals surface area contributed by atoms with Crippen LogP contribution in [0.25, 0.3) is 0 Å². The molecule has 0 spiro atoms. The monoisotopic (exact) mass is 1060 g/mol. The highest BCUT2D eigenvalue weighted by Gasteiger charge is 2.28. The molecule has 0 amide bonds. The quantitative estimate of drug-likeness (QED) is 0.0197. The maximum Gasteiger partial charge on any atom is 0.472 e. The summed E-state index contributed by atoms with van der Waals surface area (Å²) in [4.78, 5) is 48.6. The largest absolute Gasteiger partial charge is 0.472 e. The van der Waals surface area contributed by atoms with Crippen molar-refractivity contribution < 1.29 is 52.2 Å². The van der Waals surface area contributed by atoms with E-state index in [1.165, 1.54) is 51.4 Å². The molecule has 0 aliphatic heterocycles. The zero-order valence-corrected chi connectivity index (χ0v) is 47.9. The van der Waals surface area contributed by atoms with Gasteiger partial charge in [0.2, 0.25) is 0 Å². The van der Waals surface area contributed by atoms with Crippen LogP contribution in [0, 0.1) is 0 Å². The van der Waals surface area contributed by atoms with E-state index in [1.807, 2.05) is 0 Å². The molecule has 0 aromatic heterocycles. The number of hydrogen-bond donors (Lipinski definition) is 2. The maximum absolute atomic E-state index is 12.9. The van der Waals surface area contributed by atoms with Gasteiger partial charge in [0, 0.05) is 19.3 Å². The van der Waals surface area contributed by atoms with Gasteiger partial charge in [0.25, 0.3) is 0 Å². The zero-order chi connectivity index (χ0) is 54.1. The van der Waals surface area contributed by atoms with Crippen molar-refractivity contribution in [1.29, 1.82) is 0 Å². The van der Waals surface area contributed by atoms with E-state index >= 15 is 0 Å². The third-order valence-electron chi connectivity index (χ3n) is 12.3. The van der Waals surface area contributed by atoms with Crippen LogP contribution >= 0.6 is 7.82 Å². The van der Waals surface area contributed by atoms with Gasteiger partial charge in [0.15, 0.2) is 6.10 Å². The molecular weight excluding hydrogens is 952 g/mol. The number of aliphatic hydroxyl groups is 1. The first-order valence-corrected chi connectivity index (χ1v) is 31.0. The van der Waals surface area contributed by atoms with E-state index in [1.54, 1.807) is 0 Å². The molecule has 0 rings (SSSR count). The third kappa shape index (κ3) is 53.5. The Morgan fingerprint density at radius 1 is 0.392 bits per heavy atom. The number of carbonyl (C=O) groups excluding carboxylic acids is 3. The van der Waals surface area contributed by atoms with E-state index in [-0.39, 0.29) is 25.9 Å². The first-order chi connectivity index (χ1) is 36.2. The van der Waals surface area contributed by atoms with E-state index in [4.69, 9.17) is 23.3 Å². The number of phosphoric acid groups is 1. The number of rotatable bonds is 54. The van der Waals surface area contributed by atoms with E-state index in [9.17, 15) is 28.9 Å². The van der Waals surface area contributed by atoms with Gasteiger partial charge in [-0.05, 0) is 109 Å². The molecule has 11 nitrogen and oxygen atoms in total. The number of aliphatic hydroxyl groups excluding tert-OH is 1. The first kappa shape index (κ1) is 70.7. The SMILES string of the molecule is CC/C=C\C/C=C\C/C=C\CCCCCCCCCC(=O)OC(COC(=O)CCCCCCCCC/C=C\C/C=C\CCCCC)COP(=O)(O)OCC(CO)OC(=O)CCCCCCC/C=C\C/C=C\CCC. The van der Waals surface area contributed by atoms with Gasteiger partial charge in [-0.25, -0.2) is 4.57 Å². The van der Waals surface area contributed by atoms with Crippen LogP contribution in [0.15, 0.2) is 85.1 Å². The van der Waals surface area contributed by atoms with Gasteiger partial charge in [0.05, 0.1) is 19.8 Å². The molecule has 0 radical (unpaired) electrons. The van der Waals surface area contributed by atoms with Gasteiger partial charge in [-0.3, -0.25) is 23.4 Å². The van der Waals surface area contributed by atoms with E-state index in [2.05, 4.69) is 106 Å². The second-order valence-corrected chi connectivity index (χ2v) is 20.9. The molecule has 0 aliphatic rings. The Bertz CT molecular complexity index is 1560. The fraction of sp³-hybridized carbons (Fsp3) is 0.726. The van der Waals surface area contributed by atoms with Crippen molar-refractivity contribution in [2.45, 2.75) is 264 Å². The summed E-state index contributed by atoms with van der Waals surface area (Å²) in [5.41, 5.74) is 0. The fourth-order valence-corrected chi connectivity index (χ4v) is 8.58. The number of allylic oxidation sites excluding steroid dienone is 14. The second kappa shape index (κ2) is 55.9. The van der Waals surface area contributed by atoms with E-state index in [0.717, 1.165) is 141 Å². The number of ether oxygens (including phenoxy) is 3. The van der Waals surface area contributed by atoms with Crippen LogP contribution in [0.4, 0.5) is 0 Å². The van der Waals surface area contributed by atoms with Crippen LogP contribution in [0.1, 0.15) is 252 Å². The predicted octanol–water partition coefficient (Wildman–Crippen LogP) is 17.5. The minimum atomic E-state index is -4.76. The molecule has 3 unspecified atom stereocenters. The summed E-state index contributed by atoms with van der Waals surface area (Å²) in [5.74, 6) is -1.50. The van der Waals surface area contributed by atoms with Crippen LogP contribution in [0.3, 0.4) is 0 Å². The lowest BCUT2D eigenvalue weighted by molar-refractivity contribution is -0.161. The van der Waals surface area contributed by atoms with Gasteiger partial charge < -0.3 is 24.2 Å². The Balaban J connectivity index is 4.76. The van der Waals surface area contributed by atoms with Crippen LogP contribution in [0.5, 0.6) is 0 Å². The van der Waals surface area contributed by atoms with E-state index in [0.29, 0.717) is 19.3 Å². The Hall–Kier alpha value is -3.34. The molecule has 426 valence electrons. The molecule has 0 aromatic rings. The molecule has 0 heterocycles. The van der Waals surface area contributed by atoms with Crippen molar-refractivity contribution in [2.75, 3.05) is 26.4 Å². The molecule has 0 aromatic carbocycles. The zero-order valence-electron chi connectivity index (χ0n) is 47.0. The molecule has 0 bridgehead atoms. The number of esters is 3. The average molecular weight is 1060 g/mol. The summed E-state index contributed by atoms with van der Waals surface area (Å²) < 4.78 is 39.5. The summed E-state index contributed by atoms with van der Waals surface area (Å²) in [6.45, 7) is 4.42. The summed E-state index contributed by atoms with van der Waals surface area (Å²) in [6.07, 6.45) is 63.9. The van der Waals surface area contributed by atoms with Gasteiger partial charge in [-0.1, -0.05) is 209 Å². The van der Waals surface area contributed by atoms with Gasteiger partial charge in [-0.2, -0.15) is 0 Å². The highest BCUT2D eigenvalue weighted by molar-refractivity contribution is 7.47. The number of phosphoric ester groups is 1. The highest BCUT2D eigenvalue weighted by Crippen LogP contribution is 2.43. The normalized spacial score (nSPS) is 14.0. The second-order valence-electron chi connectivity index (χ2n) is 19.4. The Morgan fingerprint density at radius 2 is 0.730 bits per heavy atom. The first-order valence-electron chi connectivity index (χ1n) is 29.5. The molecule has 12 heteroatoms. The summed E-state index contributed by atoms with van der Waals surface area (Å²) in [5, 5.41) is 9.81. The molecule has 0 saturated carbocycles. The lowest BCUT2D eigenvalue weighted by atomic mass is 10.1. The average Bonchev–Trinajstić information content (AvgIpc) is 3.39. The minimum absolute atomic E-state index is 0.151. The van der Waals surface area contributed by atoms with E-state index < -0.39 is 57.8 Å². The lowest BCUT2D eigenvalue weighted by Crippen LogP contribution is -2.30. The molecule has 3 atom stereocenters. The maximum atomic E-state index is 12.9. The fourth-order valence-electron chi connectivity index (χ4n) is 7.79. The molecular formula is C62H107O11P. The lowest BCUT2D eigenvalue weighted by Gasteiger charge is -2.21. The Labute approximate surface area is 451 Å². The van der Waals surface area contributed by atoms with Crippen molar-refractivity contribution in [3.63, 3.8) is 0 Å². The molecule has 2 N–H and O–H groups in total. The molecule has 0 fully saturated rings. The predicted molar refractivity (Wildman–Crippen MR) is 307 cm³/mol. The van der Waals surface area contributed by atoms with Crippen LogP contribution in [-0.4, -0.2) is 66.5 Å². The van der Waals surface area contributed by atoms with Crippen molar-refractivity contribution in [1.82, 2.24) is 0 Å². The minimum Gasteiger partial charge on any atom is -0.462 e. The van der Waals surface area contributed by atoms with Crippen molar-refractivity contribution >= 4 is 25.7 Å². The summed E-state index contributed by atoms with van der Waals surface area (Å²) in [6, 6.07) is 0.